The molecule has 0 aliphatic carbocycles. The number of rotatable bonds is 4. The van der Waals surface area contributed by atoms with E-state index in [1.54, 1.807) is 25.3 Å². The van der Waals surface area contributed by atoms with Crippen molar-refractivity contribution < 1.29 is 18.7 Å². The lowest BCUT2D eigenvalue weighted by Gasteiger charge is -2.16. The molecule has 0 radical (unpaired) electrons. The first-order valence-corrected chi connectivity index (χ1v) is 9.00. The summed E-state index contributed by atoms with van der Waals surface area (Å²) in [5.74, 6) is -0.222. The zero-order chi connectivity index (χ0) is 19.8. The molecular weight excluding hydrogens is 358 g/mol. The van der Waals surface area contributed by atoms with Crippen LogP contribution in [0.15, 0.2) is 57.7 Å². The van der Waals surface area contributed by atoms with E-state index in [0.29, 0.717) is 23.4 Å². The Morgan fingerprint density at radius 1 is 1.11 bits per heavy atom. The summed E-state index contributed by atoms with van der Waals surface area (Å²) in [4.78, 5) is 38.3. The van der Waals surface area contributed by atoms with E-state index in [2.05, 4.69) is 0 Å². The summed E-state index contributed by atoms with van der Waals surface area (Å²) in [7, 11) is 1.59. The van der Waals surface area contributed by atoms with E-state index >= 15 is 0 Å². The molecule has 28 heavy (non-hydrogen) atoms. The van der Waals surface area contributed by atoms with Crippen molar-refractivity contribution in [2.24, 2.45) is 5.92 Å². The fourth-order valence-corrected chi connectivity index (χ4v) is 3.66. The van der Waals surface area contributed by atoms with Crippen LogP contribution in [-0.2, 0) is 16.0 Å². The van der Waals surface area contributed by atoms with Gasteiger partial charge in [0.2, 0.25) is 11.8 Å². The number of methoxy groups -OCH3 is 1. The van der Waals surface area contributed by atoms with Gasteiger partial charge in [-0.3, -0.25) is 14.5 Å². The molecule has 1 aromatic heterocycles. The van der Waals surface area contributed by atoms with E-state index in [-0.39, 0.29) is 18.2 Å². The van der Waals surface area contributed by atoms with Gasteiger partial charge in [-0.05, 0) is 48.7 Å². The minimum absolute atomic E-state index is 0.145. The molecule has 0 spiro atoms. The lowest BCUT2D eigenvalue weighted by atomic mass is 9.98. The van der Waals surface area contributed by atoms with E-state index in [4.69, 9.17) is 9.15 Å². The summed E-state index contributed by atoms with van der Waals surface area (Å²) < 4.78 is 10.5. The Morgan fingerprint density at radius 3 is 2.71 bits per heavy atom. The number of hydrogen-bond acceptors (Lipinski definition) is 5. The summed E-state index contributed by atoms with van der Waals surface area (Å²) >= 11 is 0. The lowest BCUT2D eigenvalue weighted by molar-refractivity contribution is -0.122. The summed E-state index contributed by atoms with van der Waals surface area (Å²) in [6.07, 6.45) is 0.603. The Bertz CT molecular complexity index is 1150. The monoisotopic (exact) mass is 377 g/mol. The van der Waals surface area contributed by atoms with Crippen molar-refractivity contribution in [3.63, 3.8) is 0 Å². The van der Waals surface area contributed by atoms with Crippen molar-refractivity contribution >= 4 is 28.5 Å². The number of aryl methyl sites for hydroxylation is 1. The van der Waals surface area contributed by atoms with Crippen LogP contribution in [-0.4, -0.2) is 18.9 Å². The maximum absolute atomic E-state index is 12.9. The third-order valence-electron chi connectivity index (χ3n) is 5.05. The van der Waals surface area contributed by atoms with Gasteiger partial charge >= 0.3 is 5.63 Å². The summed E-state index contributed by atoms with van der Waals surface area (Å²) in [5, 5.41) is 0.773. The summed E-state index contributed by atoms with van der Waals surface area (Å²) in [6, 6.07) is 13.9. The van der Waals surface area contributed by atoms with Crippen molar-refractivity contribution in [1.29, 1.82) is 0 Å². The molecular formula is C22H19NO5. The zero-order valence-corrected chi connectivity index (χ0v) is 15.6. The molecule has 1 atom stereocenters. The molecule has 2 aromatic carbocycles. The van der Waals surface area contributed by atoms with Gasteiger partial charge in [-0.25, -0.2) is 4.79 Å². The fraction of sp³-hybridized carbons (Fsp3) is 0.227. The first-order chi connectivity index (χ1) is 13.5. The van der Waals surface area contributed by atoms with Gasteiger partial charge in [-0.15, -0.1) is 0 Å². The topological polar surface area (TPSA) is 76.8 Å². The average Bonchev–Trinajstić information content (AvgIpc) is 2.94. The molecule has 142 valence electrons. The van der Waals surface area contributed by atoms with Crippen LogP contribution in [0, 0.1) is 12.8 Å². The number of amides is 2. The minimum Gasteiger partial charge on any atom is -0.497 e. The number of hydrogen-bond donors (Lipinski definition) is 0. The SMILES string of the molecule is COc1cccc(C[C@@H]2CC(=O)N(c3ccc4c(C)cc(=O)oc4c3)C2=O)c1. The molecule has 1 aliphatic heterocycles. The van der Waals surface area contributed by atoms with Gasteiger partial charge in [0.25, 0.3) is 0 Å². The molecule has 0 bridgehead atoms. The normalized spacial score (nSPS) is 16.8. The number of nitrogens with zero attached hydrogens (tertiary/aromatic N) is 1. The zero-order valence-electron chi connectivity index (χ0n) is 15.6. The summed E-state index contributed by atoms with van der Waals surface area (Å²) in [5.41, 5.74) is 2.04. The molecule has 4 rings (SSSR count). The van der Waals surface area contributed by atoms with Gasteiger partial charge < -0.3 is 9.15 Å². The van der Waals surface area contributed by atoms with Gasteiger partial charge in [0.15, 0.2) is 0 Å². The average molecular weight is 377 g/mol. The van der Waals surface area contributed by atoms with Gasteiger partial charge in [0.1, 0.15) is 11.3 Å². The number of benzene rings is 2. The van der Waals surface area contributed by atoms with Crippen LogP contribution < -0.4 is 15.3 Å². The van der Waals surface area contributed by atoms with E-state index in [1.807, 2.05) is 31.2 Å². The molecule has 2 heterocycles. The number of fused-ring (bicyclic) bond motifs is 1. The maximum Gasteiger partial charge on any atom is 0.336 e. The maximum atomic E-state index is 12.9. The Labute approximate surface area is 161 Å². The molecule has 6 nitrogen and oxygen atoms in total. The Kier molecular flexibility index (Phi) is 4.47. The number of carbonyl (C=O) groups is 2. The van der Waals surface area contributed by atoms with Crippen LogP contribution in [0.4, 0.5) is 5.69 Å². The molecule has 1 saturated heterocycles. The largest absolute Gasteiger partial charge is 0.497 e. The smallest absolute Gasteiger partial charge is 0.336 e. The summed E-state index contributed by atoms with van der Waals surface area (Å²) in [6.45, 7) is 1.81. The molecule has 1 aliphatic rings. The van der Waals surface area contributed by atoms with Crippen LogP contribution in [0.3, 0.4) is 0 Å². The number of ether oxygens (including phenoxy) is 1. The van der Waals surface area contributed by atoms with Crippen molar-refractivity contribution in [2.75, 3.05) is 12.0 Å². The second kappa shape index (κ2) is 6.96. The molecule has 6 heteroatoms. The highest BCUT2D eigenvalue weighted by atomic mass is 16.5. The minimum atomic E-state index is -0.461. The van der Waals surface area contributed by atoms with Crippen molar-refractivity contribution in [3.8, 4) is 5.75 Å². The molecule has 0 saturated carbocycles. The van der Waals surface area contributed by atoms with E-state index < -0.39 is 11.5 Å². The molecule has 0 N–H and O–H groups in total. The predicted octanol–water partition coefficient (Wildman–Crippen LogP) is 3.23. The van der Waals surface area contributed by atoms with E-state index in [9.17, 15) is 14.4 Å². The quantitative estimate of drug-likeness (QED) is 0.515. The highest BCUT2D eigenvalue weighted by Gasteiger charge is 2.39. The number of imide groups is 1. The second-order valence-electron chi connectivity index (χ2n) is 6.95. The highest BCUT2D eigenvalue weighted by molar-refractivity contribution is 6.21. The molecule has 1 fully saturated rings. The number of anilines is 1. The van der Waals surface area contributed by atoms with E-state index in [1.165, 1.54) is 11.0 Å². The van der Waals surface area contributed by atoms with Gasteiger partial charge in [0.05, 0.1) is 18.7 Å². The number of carbonyl (C=O) groups excluding carboxylic acids is 2. The first kappa shape index (κ1) is 18.0. The Hall–Kier alpha value is -3.41. The van der Waals surface area contributed by atoms with Gasteiger partial charge in [-0.2, -0.15) is 0 Å². The molecule has 0 unspecified atom stereocenters. The third-order valence-corrected chi connectivity index (χ3v) is 5.05. The Balaban J connectivity index is 1.63. The fourth-order valence-electron chi connectivity index (χ4n) is 3.66. The third kappa shape index (κ3) is 3.17. The standard InChI is InChI=1S/C22H19NO5/c1-13-8-21(25)28-19-12-16(6-7-18(13)19)23-20(24)11-15(22(23)26)9-14-4-3-5-17(10-14)27-2/h3-8,10,12,15H,9,11H2,1-2H3/t15-/m1/s1. The lowest BCUT2D eigenvalue weighted by Crippen LogP contribution is -2.30. The highest BCUT2D eigenvalue weighted by Crippen LogP contribution is 2.31. The van der Waals surface area contributed by atoms with Crippen LogP contribution >= 0.6 is 0 Å². The second-order valence-corrected chi connectivity index (χ2v) is 6.95. The van der Waals surface area contributed by atoms with Crippen LogP contribution in [0.5, 0.6) is 5.75 Å². The van der Waals surface area contributed by atoms with Crippen LogP contribution in [0.25, 0.3) is 11.0 Å². The molecule has 3 aromatic rings. The van der Waals surface area contributed by atoms with Crippen molar-refractivity contribution in [2.45, 2.75) is 19.8 Å². The van der Waals surface area contributed by atoms with Crippen molar-refractivity contribution in [3.05, 3.63) is 70.1 Å². The van der Waals surface area contributed by atoms with Gasteiger partial charge in [0, 0.05) is 23.9 Å². The van der Waals surface area contributed by atoms with Gasteiger partial charge in [-0.1, -0.05) is 12.1 Å². The van der Waals surface area contributed by atoms with E-state index in [0.717, 1.165) is 16.5 Å². The predicted molar refractivity (Wildman–Crippen MR) is 105 cm³/mol. The van der Waals surface area contributed by atoms with Crippen LogP contribution in [0.2, 0.25) is 0 Å². The first-order valence-electron chi connectivity index (χ1n) is 9.00. The van der Waals surface area contributed by atoms with Crippen molar-refractivity contribution in [1.82, 2.24) is 0 Å². The Morgan fingerprint density at radius 2 is 1.93 bits per heavy atom. The molecule has 2 amide bonds. The van der Waals surface area contributed by atoms with Crippen LogP contribution in [0.1, 0.15) is 17.5 Å².